The molecule has 188 valence electrons. The van der Waals surface area contributed by atoms with Crippen LogP contribution in [0.3, 0.4) is 0 Å². The molecule has 0 saturated carbocycles. The summed E-state index contributed by atoms with van der Waals surface area (Å²) in [6.07, 6.45) is 11.1. The van der Waals surface area contributed by atoms with Gasteiger partial charge in [-0.1, -0.05) is 109 Å². The molecule has 6 aromatic rings. The molecule has 0 radical (unpaired) electrons. The first kappa shape index (κ1) is 23.6. The van der Waals surface area contributed by atoms with E-state index in [2.05, 4.69) is 139 Å². The van der Waals surface area contributed by atoms with E-state index in [0.717, 1.165) is 18.2 Å². The molecule has 0 saturated heterocycles. The van der Waals surface area contributed by atoms with E-state index < -0.39 is 8.07 Å². The monoisotopic (exact) mass is 518 g/mol. The number of aromatic nitrogens is 2. The van der Waals surface area contributed by atoms with E-state index in [0.29, 0.717) is 0 Å². The first-order valence-electron chi connectivity index (χ1n) is 13.7. The number of benzene rings is 4. The number of para-hydroxylation sites is 1. The van der Waals surface area contributed by atoms with E-state index in [4.69, 9.17) is 4.98 Å². The Morgan fingerprint density at radius 2 is 1.36 bits per heavy atom. The fraction of sp³-hybridized carbons (Fsp3) is 0.0833. The van der Waals surface area contributed by atoms with E-state index in [-0.39, 0.29) is 0 Å². The third-order valence-corrected chi connectivity index (χ3v) is 12.7. The third-order valence-electron chi connectivity index (χ3n) is 8.08. The number of hydrogen-bond acceptors (Lipinski definition) is 1. The predicted molar refractivity (Wildman–Crippen MR) is 168 cm³/mol. The van der Waals surface area contributed by atoms with Crippen molar-refractivity contribution in [2.45, 2.75) is 19.8 Å². The van der Waals surface area contributed by atoms with Crippen LogP contribution in [0.15, 0.2) is 140 Å². The van der Waals surface area contributed by atoms with Crippen molar-refractivity contribution in [3.63, 3.8) is 0 Å². The highest BCUT2D eigenvalue weighted by Crippen LogP contribution is 2.33. The summed E-state index contributed by atoms with van der Waals surface area (Å²) in [7, 11) is -2.71. The zero-order valence-corrected chi connectivity index (χ0v) is 23.1. The van der Waals surface area contributed by atoms with Crippen molar-refractivity contribution >= 4 is 56.5 Å². The zero-order valence-electron chi connectivity index (χ0n) is 22.1. The second kappa shape index (κ2) is 9.68. The number of allylic oxidation sites excluding steroid dienone is 4. The van der Waals surface area contributed by atoms with Gasteiger partial charge in [-0.2, -0.15) is 0 Å². The summed E-state index contributed by atoms with van der Waals surface area (Å²) in [6, 6.07) is 42.6. The second-order valence-electron chi connectivity index (χ2n) is 10.4. The lowest BCUT2D eigenvalue weighted by Crippen LogP contribution is -2.75. The summed E-state index contributed by atoms with van der Waals surface area (Å²) in [5.41, 5.74) is 5.03. The Balaban J connectivity index is 1.59. The molecule has 3 heteroatoms. The van der Waals surface area contributed by atoms with Gasteiger partial charge in [-0.25, -0.2) is 0 Å². The lowest BCUT2D eigenvalue weighted by molar-refractivity contribution is 1.02. The van der Waals surface area contributed by atoms with Crippen molar-refractivity contribution in [2.24, 2.45) is 0 Å². The van der Waals surface area contributed by atoms with Gasteiger partial charge in [-0.05, 0) is 65.7 Å². The van der Waals surface area contributed by atoms with Crippen molar-refractivity contribution in [3.05, 3.63) is 145 Å². The van der Waals surface area contributed by atoms with Crippen LogP contribution in [-0.2, 0) is 0 Å². The smallest absolute Gasteiger partial charge is 0.201 e. The van der Waals surface area contributed by atoms with E-state index >= 15 is 0 Å². The molecule has 0 bridgehead atoms. The van der Waals surface area contributed by atoms with Gasteiger partial charge in [0.05, 0.1) is 11.0 Å². The summed E-state index contributed by atoms with van der Waals surface area (Å²) in [6.45, 7) is 2.16. The summed E-state index contributed by atoms with van der Waals surface area (Å²) in [4.78, 5) is 5.06. The molecule has 0 aliphatic heterocycles. The summed E-state index contributed by atoms with van der Waals surface area (Å²) >= 11 is 0. The SMILES string of the molecule is Cc1ccc([Si](c2ccccc2)(c2ccc3c(c2)c2ccccc2n3C2=CCCC=C2)c2ccccn2)cc1. The lowest BCUT2D eigenvalue weighted by atomic mass is 10.1. The molecular weight excluding hydrogens is 488 g/mol. The van der Waals surface area contributed by atoms with Crippen molar-refractivity contribution in [2.75, 3.05) is 0 Å². The lowest BCUT2D eigenvalue weighted by Gasteiger charge is -2.33. The standard InChI is InChI=1S/C36H30N2Si/c1-27-19-21-30(22-20-27)39(29-14-6-3-7-15-29,36-18-10-11-25-37-36)31-23-24-35-33(26-31)32-16-8-9-17-34(32)38(35)28-12-4-2-5-13-28/h3-4,6-26H,2,5H2,1H3. The van der Waals surface area contributed by atoms with Gasteiger partial charge < -0.3 is 4.57 Å². The number of rotatable bonds is 5. The average molecular weight is 519 g/mol. The summed E-state index contributed by atoms with van der Waals surface area (Å²) in [5.74, 6) is 0. The van der Waals surface area contributed by atoms with Crippen molar-refractivity contribution < 1.29 is 0 Å². The molecule has 39 heavy (non-hydrogen) atoms. The number of aryl methyl sites for hydroxylation is 1. The molecular formula is C36H30N2Si. The topological polar surface area (TPSA) is 17.8 Å². The van der Waals surface area contributed by atoms with Crippen LogP contribution in [0.1, 0.15) is 18.4 Å². The second-order valence-corrected chi connectivity index (χ2v) is 14.1. The Morgan fingerprint density at radius 3 is 2.13 bits per heavy atom. The van der Waals surface area contributed by atoms with Gasteiger partial charge in [0.15, 0.2) is 0 Å². The van der Waals surface area contributed by atoms with Gasteiger partial charge in [0.2, 0.25) is 8.07 Å². The maximum Gasteiger partial charge on any atom is 0.201 e. The van der Waals surface area contributed by atoms with Crippen LogP contribution in [-0.4, -0.2) is 17.6 Å². The largest absolute Gasteiger partial charge is 0.310 e. The number of fused-ring (bicyclic) bond motifs is 3. The first-order chi connectivity index (χ1) is 19.3. The summed E-state index contributed by atoms with van der Waals surface area (Å²) in [5, 5.41) is 7.77. The Labute approximate surface area is 230 Å². The minimum atomic E-state index is -2.71. The van der Waals surface area contributed by atoms with Crippen LogP contribution in [0, 0.1) is 6.92 Å². The molecule has 4 aromatic carbocycles. The first-order valence-corrected chi connectivity index (χ1v) is 15.7. The van der Waals surface area contributed by atoms with Crippen LogP contribution in [0.2, 0.25) is 0 Å². The van der Waals surface area contributed by atoms with Gasteiger partial charge in [-0.3, -0.25) is 4.98 Å². The van der Waals surface area contributed by atoms with Crippen LogP contribution >= 0.6 is 0 Å². The van der Waals surface area contributed by atoms with E-state index in [1.807, 2.05) is 12.3 Å². The number of nitrogens with zero attached hydrogens (tertiary/aromatic N) is 2. The fourth-order valence-corrected chi connectivity index (χ4v) is 10.8. The molecule has 7 rings (SSSR count). The van der Waals surface area contributed by atoms with Gasteiger partial charge >= 0.3 is 0 Å². The molecule has 2 aromatic heterocycles. The van der Waals surface area contributed by atoms with Gasteiger partial charge in [0, 0.05) is 28.0 Å². The quantitative estimate of drug-likeness (QED) is 0.200. The third kappa shape index (κ3) is 3.81. The van der Waals surface area contributed by atoms with Gasteiger partial charge in [-0.15, -0.1) is 0 Å². The van der Waals surface area contributed by atoms with Crippen LogP contribution in [0.5, 0.6) is 0 Å². The maximum absolute atomic E-state index is 5.06. The summed E-state index contributed by atoms with van der Waals surface area (Å²) < 4.78 is 2.43. The molecule has 0 spiro atoms. The molecule has 2 nitrogen and oxygen atoms in total. The fourth-order valence-electron chi connectivity index (χ4n) is 6.27. The molecule has 1 aliphatic carbocycles. The van der Waals surface area contributed by atoms with Crippen molar-refractivity contribution in [1.82, 2.24) is 9.55 Å². The Morgan fingerprint density at radius 1 is 0.641 bits per heavy atom. The van der Waals surface area contributed by atoms with E-state index in [1.54, 1.807) is 0 Å². The average Bonchev–Trinajstić information content (AvgIpc) is 3.34. The van der Waals surface area contributed by atoms with E-state index in [1.165, 1.54) is 48.6 Å². The highest BCUT2D eigenvalue weighted by Gasteiger charge is 2.43. The van der Waals surface area contributed by atoms with Crippen molar-refractivity contribution in [1.29, 1.82) is 0 Å². The normalized spacial score (nSPS) is 14.8. The maximum atomic E-state index is 5.06. The van der Waals surface area contributed by atoms with Gasteiger partial charge in [0.1, 0.15) is 0 Å². The number of pyridine rings is 1. The van der Waals surface area contributed by atoms with Crippen LogP contribution in [0.4, 0.5) is 0 Å². The molecule has 2 heterocycles. The minimum absolute atomic E-state index is 1.08. The van der Waals surface area contributed by atoms with Crippen LogP contribution < -0.4 is 20.9 Å². The van der Waals surface area contributed by atoms with Crippen molar-refractivity contribution in [3.8, 4) is 0 Å². The predicted octanol–water partition coefficient (Wildman–Crippen LogP) is 6.07. The van der Waals surface area contributed by atoms with Gasteiger partial charge in [0.25, 0.3) is 0 Å². The molecule has 0 fully saturated rings. The highest BCUT2D eigenvalue weighted by molar-refractivity contribution is 7.19. The Hall–Kier alpha value is -4.47. The zero-order chi connectivity index (χ0) is 26.2. The molecule has 1 aliphatic rings. The number of hydrogen-bond donors (Lipinski definition) is 0. The highest BCUT2D eigenvalue weighted by atomic mass is 28.3. The molecule has 0 N–H and O–H groups in total. The Kier molecular flexibility index (Phi) is 5.87. The van der Waals surface area contributed by atoms with E-state index in [9.17, 15) is 0 Å². The minimum Gasteiger partial charge on any atom is -0.310 e. The Bertz CT molecular complexity index is 1810. The molecule has 1 unspecified atom stereocenters. The van der Waals surface area contributed by atoms with Crippen LogP contribution in [0.25, 0.3) is 27.5 Å². The molecule has 0 amide bonds. The molecule has 1 atom stereocenters.